The normalized spacial score (nSPS) is 25.9. The highest BCUT2D eigenvalue weighted by atomic mass is 16.7. The maximum Gasteiger partial charge on any atom is 0.229 e. The van der Waals surface area contributed by atoms with Crippen molar-refractivity contribution in [1.29, 1.82) is 0 Å². The third-order valence-electron chi connectivity index (χ3n) is 5.32. The summed E-state index contributed by atoms with van der Waals surface area (Å²) in [7, 11) is 0. The lowest BCUT2D eigenvalue weighted by molar-refractivity contribution is -0.277. The van der Waals surface area contributed by atoms with Gasteiger partial charge < -0.3 is 39.7 Å². The Labute approximate surface area is 181 Å². The van der Waals surface area contributed by atoms with E-state index in [2.05, 4.69) is 19.1 Å². The molecule has 8 heteroatoms. The Hall–Kier alpha value is -2.20. The summed E-state index contributed by atoms with van der Waals surface area (Å²) in [5, 5.41) is 48.8. The van der Waals surface area contributed by atoms with Crippen molar-refractivity contribution in [1.82, 2.24) is 0 Å². The summed E-state index contributed by atoms with van der Waals surface area (Å²) in [4.78, 5) is 0. The summed E-state index contributed by atoms with van der Waals surface area (Å²) in [6.07, 6.45) is -5.39. The van der Waals surface area contributed by atoms with Crippen LogP contribution >= 0.6 is 0 Å². The fourth-order valence-corrected chi connectivity index (χ4v) is 3.45. The Bertz CT molecular complexity index is 823. The maximum absolute atomic E-state index is 10.3. The van der Waals surface area contributed by atoms with Crippen LogP contribution in [-0.4, -0.2) is 76.1 Å². The van der Waals surface area contributed by atoms with E-state index in [4.69, 9.17) is 19.3 Å². The van der Waals surface area contributed by atoms with Crippen LogP contribution in [0.5, 0.6) is 11.5 Å². The summed E-state index contributed by atoms with van der Waals surface area (Å²) in [6.45, 7) is 1.51. The lowest BCUT2D eigenvalue weighted by atomic mass is 9.99. The molecule has 1 heterocycles. The molecule has 0 amide bonds. The van der Waals surface area contributed by atoms with Gasteiger partial charge in [-0.1, -0.05) is 37.3 Å². The Morgan fingerprint density at radius 3 is 2.26 bits per heavy atom. The van der Waals surface area contributed by atoms with Gasteiger partial charge in [-0.3, -0.25) is 0 Å². The number of ether oxygens (including phenoxy) is 3. The highest BCUT2D eigenvalue weighted by Crippen LogP contribution is 2.31. The van der Waals surface area contributed by atoms with Crippen LogP contribution in [0.1, 0.15) is 23.6 Å². The molecular formula is C23H30O8. The zero-order chi connectivity index (χ0) is 22.4. The fraction of sp³-hybridized carbons (Fsp3) is 0.478. The van der Waals surface area contributed by atoms with Gasteiger partial charge in [-0.2, -0.15) is 0 Å². The Morgan fingerprint density at radius 1 is 0.903 bits per heavy atom. The molecule has 0 bridgehead atoms. The van der Waals surface area contributed by atoms with E-state index in [9.17, 15) is 20.4 Å². The number of hydrogen-bond donors (Lipinski definition) is 5. The molecule has 31 heavy (non-hydrogen) atoms. The molecule has 0 radical (unpaired) electrons. The molecule has 1 aliphatic heterocycles. The summed E-state index contributed by atoms with van der Waals surface area (Å²) in [5.74, 6) is 0.818. The molecule has 1 saturated heterocycles. The number of aryl methyl sites for hydroxylation is 1. The average Bonchev–Trinajstić information content (AvgIpc) is 2.79. The van der Waals surface area contributed by atoms with Gasteiger partial charge in [-0.15, -0.1) is 0 Å². The van der Waals surface area contributed by atoms with Gasteiger partial charge in [0.1, 0.15) is 42.5 Å². The molecule has 0 saturated carbocycles. The minimum atomic E-state index is -1.53. The van der Waals surface area contributed by atoms with Crippen LogP contribution in [0.3, 0.4) is 0 Å². The van der Waals surface area contributed by atoms with Gasteiger partial charge in [0.25, 0.3) is 0 Å². The molecule has 0 aliphatic carbocycles. The molecule has 5 N–H and O–H groups in total. The second-order valence-corrected chi connectivity index (χ2v) is 7.50. The zero-order valence-electron chi connectivity index (χ0n) is 17.4. The van der Waals surface area contributed by atoms with Crippen LogP contribution in [0, 0.1) is 0 Å². The Kier molecular flexibility index (Phi) is 8.25. The molecular weight excluding hydrogens is 404 g/mol. The summed E-state index contributed by atoms with van der Waals surface area (Å²) in [6, 6.07) is 13.4. The van der Waals surface area contributed by atoms with Gasteiger partial charge in [0, 0.05) is 12.5 Å². The van der Waals surface area contributed by atoms with Crippen molar-refractivity contribution in [3.8, 4) is 11.5 Å². The zero-order valence-corrected chi connectivity index (χ0v) is 17.4. The molecule has 0 spiro atoms. The second-order valence-electron chi connectivity index (χ2n) is 7.50. The molecule has 2 aromatic carbocycles. The smallest absolute Gasteiger partial charge is 0.229 e. The van der Waals surface area contributed by atoms with E-state index in [1.807, 2.05) is 18.2 Å². The molecule has 2 aromatic rings. The third-order valence-corrected chi connectivity index (χ3v) is 5.32. The Morgan fingerprint density at radius 2 is 1.61 bits per heavy atom. The van der Waals surface area contributed by atoms with E-state index in [1.54, 1.807) is 12.1 Å². The topological polar surface area (TPSA) is 129 Å². The van der Waals surface area contributed by atoms with Gasteiger partial charge in [0.2, 0.25) is 6.29 Å². The fourth-order valence-electron chi connectivity index (χ4n) is 3.45. The largest absolute Gasteiger partial charge is 0.491 e. The van der Waals surface area contributed by atoms with E-state index in [1.165, 1.54) is 5.56 Å². The van der Waals surface area contributed by atoms with Gasteiger partial charge in [-0.25, -0.2) is 0 Å². The minimum absolute atomic E-state index is 0.108. The van der Waals surface area contributed by atoms with E-state index in [-0.39, 0.29) is 13.2 Å². The molecule has 170 valence electrons. The first-order valence-electron chi connectivity index (χ1n) is 10.4. The predicted octanol–water partition coefficient (Wildman–Crippen LogP) is 0.390. The molecule has 1 fully saturated rings. The number of benzene rings is 2. The number of aliphatic hydroxyl groups is 5. The molecule has 1 aliphatic rings. The third kappa shape index (κ3) is 5.74. The van der Waals surface area contributed by atoms with Crippen molar-refractivity contribution >= 4 is 0 Å². The maximum atomic E-state index is 10.3. The standard InChI is InChI=1S/C23H30O8/c1-2-14-3-5-15(6-4-14)11-16-7-8-17(29-10-9-24)12-18(16)30-23-22(28)21(27)20(26)19(13-25)31-23/h3-8,12,19-28H,2,9-11,13H2,1H3/t19-,20-,21+,22-,23+/m1/s1. The average molecular weight is 434 g/mol. The highest BCUT2D eigenvalue weighted by molar-refractivity contribution is 5.43. The molecule has 3 rings (SSSR count). The first-order chi connectivity index (χ1) is 15.0. The second kappa shape index (κ2) is 10.9. The van der Waals surface area contributed by atoms with Crippen LogP contribution in [-0.2, 0) is 17.6 Å². The Balaban J connectivity index is 1.86. The lowest BCUT2D eigenvalue weighted by Gasteiger charge is -2.39. The summed E-state index contributed by atoms with van der Waals surface area (Å²) < 4.78 is 16.8. The summed E-state index contributed by atoms with van der Waals surface area (Å²) in [5.41, 5.74) is 3.08. The van der Waals surface area contributed by atoms with Crippen molar-refractivity contribution in [3.05, 3.63) is 59.2 Å². The van der Waals surface area contributed by atoms with Gasteiger partial charge >= 0.3 is 0 Å². The van der Waals surface area contributed by atoms with Crippen LogP contribution in [0.2, 0.25) is 0 Å². The van der Waals surface area contributed by atoms with Crippen molar-refractivity contribution in [2.24, 2.45) is 0 Å². The van der Waals surface area contributed by atoms with Crippen LogP contribution in [0.15, 0.2) is 42.5 Å². The van der Waals surface area contributed by atoms with E-state index in [0.29, 0.717) is 17.9 Å². The minimum Gasteiger partial charge on any atom is -0.491 e. The van der Waals surface area contributed by atoms with Crippen molar-refractivity contribution in [3.63, 3.8) is 0 Å². The van der Waals surface area contributed by atoms with Gasteiger partial charge in [-0.05, 0) is 29.2 Å². The van der Waals surface area contributed by atoms with Crippen molar-refractivity contribution in [2.75, 3.05) is 19.8 Å². The molecule has 8 nitrogen and oxygen atoms in total. The van der Waals surface area contributed by atoms with E-state index in [0.717, 1.165) is 17.5 Å². The van der Waals surface area contributed by atoms with Crippen LogP contribution in [0.25, 0.3) is 0 Å². The number of rotatable bonds is 9. The first-order valence-corrected chi connectivity index (χ1v) is 10.4. The quantitative estimate of drug-likeness (QED) is 0.383. The lowest BCUT2D eigenvalue weighted by Crippen LogP contribution is -2.60. The van der Waals surface area contributed by atoms with Gasteiger partial charge in [0.15, 0.2) is 0 Å². The van der Waals surface area contributed by atoms with Crippen LogP contribution < -0.4 is 9.47 Å². The number of aliphatic hydroxyl groups excluding tert-OH is 5. The summed E-state index contributed by atoms with van der Waals surface area (Å²) >= 11 is 0. The molecule has 0 unspecified atom stereocenters. The van der Waals surface area contributed by atoms with Gasteiger partial charge in [0.05, 0.1) is 13.2 Å². The molecule has 5 atom stereocenters. The van der Waals surface area contributed by atoms with E-state index >= 15 is 0 Å². The van der Waals surface area contributed by atoms with Crippen molar-refractivity contribution in [2.45, 2.75) is 50.5 Å². The highest BCUT2D eigenvalue weighted by Gasteiger charge is 2.44. The monoisotopic (exact) mass is 434 g/mol. The SMILES string of the molecule is CCc1ccc(Cc2ccc(OCCO)cc2O[C@H]2O[C@H](CO)[C@@H](O)[C@H](O)[C@H]2O)cc1. The van der Waals surface area contributed by atoms with Crippen LogP contribution in [0.4, 0.5) is 0 Å². The first kappa shape index (κ1) is 23.5. The predicted molar refractivity (Wildman–Crippen MR) is 112 cm³/mol. The molecule has 0 aromatic heterocycles. The number of hydrogen-bond acceptors (Lipinski definition) is 8. The van der Waals surface area contributed by atoms with E-state index < -0.39 is 37.3 Å². The van der Waals surface area contributed by atoms with Crippen molar-refractivity contribution < 1.29 is 39.7 Å².